The quantitative estimate of drug-likeness (QED) is 0.788. The van der Waals surface area contributed by atoms with E-state index in [1.165, 1.54) is 19.4 Å². The highest BCUT2D eigenvalue weighted by atomic mass is 32.2. The fraction of sp³-hybridized carbons (Fsp3) is 0.545. The molecule has 1 aromatic heterocycles. The third-order valence-corrected chi connectivity index (χ3v) is 3.94. The molecule has 0 aromatic carbocycles. The zero-order valence-electron chi connectivity index (χ0n) is 9.80. The van der Waals surface area contributed by atoms with Crippen LogP contribution in [0.1, 0.15) is 25.5 Å². The van der Waals surface area contributed by atoms with E-state index in [2.05, 4.69) is 4.98 Å². The molecule has 0 aliphatic heterocycles. The molecule has 0 unspecified atom stereocenters. The summed E-state index contributed by atoms with van der Waals surface area (Å²) >= 11 is 0. The largest absolute Gasteiger partial charge is 0.384 e. The minimum atomic E-state index is -3.24. The Morgan fingerprint density at radius 2 is 2.12 bits per heavy atom. The summed E-state index contributed by atoms with van der Waals surface area (Å²) in [6.45, 7) is 4.17. The number of sulfone groups is 1. The first-order chi connectivity index (χ1) is 7.47. The molecule has 0 aliphatic carbocycles. The zero-order valence-corrected chi connectivity index (χ0v) is 10.6. The molecule has 1 rings (SSSR count). The van der Waals surface area contributed by atoms with Crippen LogP contribution in [0.3, 0.4) is 0 Å². The minimum Gasteiger partial charge on any atom is -0.384 e. The smallest absolute Gasteiger partial charge is 0.180 e. The minimum absolute atomic E-state index is 0.00501. The van der Waals surface area contributed by atoms with E-state index in [0.29, 0.717) is 4.90 Å². The van der Waals surface area contributed by atoms with Gasteiger partial charge in [-0.25, -0.2) is 8.42 Å². The predicted molar refractivity (Wildman–Crippen MR) is 62.3 cm³/mol. The molecular weight excluding hydrogens is 226 g/mol. The molecule has 0 atom stereocenters. The van der Waals surface area contributed by atoms with Crippen LogP contribution in [0.15, 0.2) is 23.2 Å². The number of rotatable bonds is 5. The van der Waals surface area contributed by atoms with Crippen molar-refractivity contribution in [1.29, 1.82) is 0 Å². The second-order valence-electron chi connectivity index (χ2n) is 3.88. The van der Waals surface area contributed by atoms with Gasteiger partial charge in [-0.3, -0.25) is 4.98 Å². The second kappa shape index (κ2) is 5.41. The fourth-order valence-electron chi connectivity index (χ4n) is 1.25. The Morgan fingerprint density at radius 1 is 1.44 bits per heavy atom. The van der Waals surface area contributed by atoms with E-state index in [1.807, 2.05) is 13.8 Å². The van der Waals surface area contributed by atoms with Gasteiger partial charge in [-0.1, -0.05) is 13.8 Å². The molecule has 90 valence electrons. The Kier molecular flexibility index (Phi) is 4.44. The average molecular weight is 243 g/mol. The van der Waals surface area contributed by atoms with Crippen molar-refractivity contribution >= 4 is 9.84 Å². The average Bonchev–Trinajstić information content (AvgIpc) is 2.26. The Hall–Kier alpha value is -0.940. The number of hydrogen-bond donors (Lipinski definition) is 0. The summed E-state index contributed by atoms with van der Waals surface area (Å²) in [7, 11) is -1.76. The van der Waals surface area contributed by atoms with Crippen molar-refractivity contribution in [2.24, 2.45) is 0 Å². The summed E-state index contributed by atoms with van der Waals surface area (Å²) in [5.74, 6) is 0.225. The number of nitrogens with zero attached hydrogens (tertiary/aromatic N) is 1. The van der Waals surface area contributed by atoms with Crippen molar-refractivity contribution in [3.8, 4) is 0 Å². The van der Waals surface area contributed by atoms with Crippen molar-refractivity contribution in [3.05, 3.63) is 24.0 Å². The molecule has 0 spiro atoms. The van der Waals surface area contributed by atoms with Crippen LogP contribution in [-0.2, 0) is 14.6 Å². The maximum absolute atomic E-state index is 11.9. The molecule has 0 aliphatic rings. The number of ether oxygens (including phenoxy) is 1. The molecule has 4 nitrogen and oxygen atoms in total. The van der Waals surface area contributed by atoms with Crippen LogP contribution >= 0.6 is 0 Å². The van der Waals surface area contributed by atoms with Gasteiger partial charge < -0.3 is 4.74 Å². The molecule has 5 heteroatoms. The van der Waals surface area contributed by atoms with Crippen LogP contribution in [-0.4, -0.2) is 32.9 Å². The summed E-state index contributed by atoms with van der Waals surface area (Å²) in [6.07, 6.45) is 1.54. The fourth-order valence-corrected chi connectivity index (χ4v) is 2.44. The van der Waals surface area contributed by atoms with Crippen LogP contribution in [0.5, 0.6) is 0 Å². The molecule has 0 saturated heterocycles. The zero-order chi connectivity index (χ0) is 12.2. The lowest BCUT2D eigenvalue weighted by Crippen LogP contribution is -2.12. The molecule has 0 N–H and O–H groups in total. The van der Waals surface area contributed by atoms with Crippen molar-refractivity contribution < 1.29 is 13.2 Å². The van der Waals surface area contributed by atoms with Crippen LogP contribution in [0.4, 0.5) is 0 Å². The standard InChI is InChI=1S/C11H17NO3S/c1-9(2)11-8-10(4-5-12-11)16(13,14)7-6-15-3/h4-5,8-9H,6-7H2,1-3H3. The molecule has 0 bridgehead atoms. The van der Waals surface area contributed by atoms with Crippen molar-refractivity contribution in [2.45, 2.75) is 24.7 Å². The first kappa shape index (κ1) is 13.1. The van der Waals surface area contributed by atoms with Crippen molar-refractivity contribution in [3.63, 3.8) is 0 Å². The van der Waals surface area contributed by atoms with Gasteiger partial charge in [-0.2, -0.15) is 0 Å². The molecule has 1 aromatic rings. The number of aromatic nitrogens is 1. The van der Waals surface area contributed by atoms with E-state index in [0.717, 1.165) is 5.69 Å². The Labute approximate surface area is 96.6 Å². The van der Waals surface area contributed by atoms with E-state index < -0.39 is 9.84 Å². The SMILES string of the molecule is COCCS(=O)(=O)c1ccnc(C(C)C)c1. The summed E-state index contributed by atoms with van der Waals surface area (Å²) in [6, 6.07) is 3.16. The maximum Gasteiger partial charge on any atom is 0.180 e. The topological polar surface area (TPSA) is 56.3 Å². The van der Waals surface area contributed by atoms with E-state index in [4.69, 9.17) is 4.74 Å². The number of hydrogen-bond acceptors (Lipinski definition) is 4. The van der Waals surface area contributed by atoms with Crippen LogP contribution in [0.2, 0.25) is 0 Å². The lowest BCUT2D eigenvalue weighted by atomic mass is 10.1. The number of methoxy groups -OCH3 is 1. The maximum atomic E-state index is 11.9. The lowest BCUT2D eigenvalue weighted by Gasteiger charge is -2.07. The van der Waals surface area contributed by atoms with E-state index >= 15 is 0 Å². The summed E-state index contributed by atoms with van der Waals surface area (Å²) in [5.41, 5.74) is 0.790. The summed E-state index contributed by atoms with van der Waals surface area (Å²) in [4.78, 5) is 4.46. The highest BCUT2D eigenvalue weighted by Crippen LogP contribution is 2.17. The Balaban J connectivity index is 2.99. The third-order valence-electron chi connectivity index (χ3n) is 2.26. The predicted octanol–water partition coefficient (Wildman–Crippen LogP) is 1.63. The molecule has 0 fully saturated rings. The molecule has 16 heavy (non-hydrogen) atoms. The van der Waals surface area contributed by atoms with Crippen LogP contribution in [0, 0.1) is 0 Å². The van der Waals surface area contributed by atoms with Crippen LogP contribution in [0.25, 0.3) is 0 Å². The summed E-state index contributed by atoms with van der Waals surface area (Å²) in [5, 5.41) is 0. The van der Waals surface area contributed by atoms with Gasteiger partial charge in [0.1, 0.15) is 0 Å². The van der Waals surface area contributed by atoms with Gasteiger partial charge >= 0.3 is 0 Å². The molecule has 0 saturated carbocycles. The lowest BCUT2D eigenvalue weighted by molar-refractivity contribution is 0.217. The molecular formula is C11H17NO3S. The third kappa shape index (κ3) is 3.28. The van der Waals surface area contributed by atoms with Gasteiger partial charge in [0.25, 0.3) is 0 Å². The Bertz CT molecular complexity index is 440. The molecule has 1 heterocycles. The summed E-state index contributed by atoms with van der Waals surface area (Å²) < 4.78 is 28.5. The van der Waals surface area contributed by atoms with Gasteiger partial charge in [0, 0.05) is 19.0 Å². The first-order valence-electron chi connectivity index (χ1n) is 5.15. The van der Waals surface area contributed by atoms with Gasteiger partial charge in [-0.15, -0.1) is 0 Å². The Morgan fingerprint density at radius 3 is 2.69 bits per heavy atom. The first-order valence-corrected chi connectivity index (χ1v) is 6.80. The molecule has 0 radical (unpaired) electrons. The highest BCUT2D eigenvalue weighted by Gasteiger charge is 2.15. The van der Waals surface area contributed by atoms with Gasteiger partial charge in [0.05, 0.1) is 17.3 Å². The van der Waals surface area contributed by atoms with E-state index in [1.54, 1.807) is 6.07 Å². The van der Waals surface area contributed by atoms with Gasteiger partial charge in [0.2, 0.25) is 0 Å². The van der Waals surface area contributed by atoms with Crippen molar-refractivity contribution in [1.82, 2.24) is 4.98 Å². The van der Waals surface area contributed by atoms with E-state index in [-0.39, 0.29) is 18.3 Å². The second-order valence-corrected chi connectivity index (χ2v) is 5.99. The van der Waals surface area contributed by atoms with Crippen LogP contribution < -0.4 is 0 Å². The van der Waals surface area contributed by atoms with Crippen molar-refractivity contribution in [2.75, 3.05) is 19.5 Å². The van der Waals surface area contributed by atoms with Gasteiger partial charge in [-0.05, 0) is 18.1 Å². The highest BCUT2D eigenvalue weighted by molar-refractivity contribution is 7.91. The molecule has 0 amide bonds. The normalized spacial score (nSPS) is 12.0. The van der Waals surface area contributed by atoms with Gasteiger partial charge in [0.15, 0.2) is 9.84 Å². The van der Waals surface area contributed by atoms with E-state index in [9.17, 15) is 8.42 Å². The monoisotopic (exact) mass is 243 g/mol. The number of pyridine rings is 1.